The number of hydrogen-bond acceptors (Lipinski definition) is 1. The van der Waals surface area contributed by atoms with Crippen LogP contribution < -0.4 is 0 Å². The zero-order valence-corrected chi connectivity index (χ0v) is 8.81. The minimum atomic E-state index is 0.245. The molecule has 2 saturated carbocycles. The lowest BCUT2D eigenvalue weighted by Crippen LogP contribution is -2.61. The lowest BCUT2D eigenvalue weighted by Gasteiger charge is -2.61. The molecule has 0 N–H and O–H groups in total. The Hall–Kier alpha value is -0.0400. The van der Waals surface area contributed by atoms with Crippen molar-refractivity contribution < 1.29 is 4.74 Å². The van der Waals surface area contributed by atoms with Gasteiger partial charge in [-0.05, 0) is 57.8 Å². The largest absolute Gasteiger partial charge is 0.369 e. The van der Waals surface area contributed by atoms with E-state index in [4.69, 9.17) is 4.74 Å². The first-order valence-electron chi connectivity index (χ1n) is 5.82. The first kappa shape index (κ1) is 8.28. The van der Waals surface area contributed by atoms with Gasteiger partial charge in [0.2, 0.25) is 0 Å². The van der Waals surface area contributed by atoms with Crippen LogP contribution in [0.4, 0.5) is 0 Å². The highest BCUT2D eigenvalue weighted by molar-refractivity contribution is 5.05. The Labute approximate surface area is 80.8 Å². The third-order valence-electron chi connectivity index (χ3n) is 4.76. The molecule has 2 aliphatic carbocycles. The Balaban J connectivity index is 1.98. The number of ether oxygens (including phenoxy) is 1. The zero-order chi connectivity index (χ0) is 9.10. The Bertz CT molecular complexity index is 237. The van der Waals surface area contributed by atoms with Gasteiger partial charge in [0.15, 0.2) is 0 Å². The highest BCUT2D eigenvalue weighted by Gasteiger charge is 2.56. The number of hydrogen-bond donors (Lipinski definition) is 0. The molecular formula is C12H20O. The van der Waals surface area contributed by atoms with Gasteiger partial charge in [-0.2, -0.15) is 0 Å². The van der Waals surface area contributed by atoms with Gasteiger partial charge in [-0.25, -0.2) is 0 Å². The minimum Gasteiger partial charge on any atom is -0.369 e. The van der Waals surface area contributed by atoms with Gasteiger partial charge >= 0.3 is 0 Å². The van der Waals surface area contributed by atoms with E-state index in [1.807, 2.05) is 0 Å². The minimum absolute atomic E-state index is 0.245. The van der Waals surface area contributed by atoms with E-state index in [2.05, 4.69) is 13.8 Å². The van der Waals surface area contributed by atoms with Gasteiger partial charge in [0.1, 0.15) is 0 Å². The van der Waals surface area contributed by atoms with E-state index in [0.717, 1.165) is 11.8 Å². The highest BCUT2D eigenvalue weighted by atomic mass is 16.5. The van der Waals surface area contributed by atoms with E-state index in [1.54, 1.807) is 0 Å². The Morgan fingerprint density at radius 1 is 1.15 bits per heavy atom. The molecule has 4 atom stereocenters. The van der Waals surface area contributed by atoms with Crippen LogP contribution in [0.3, 0.4) is 0 Å². The molecule has 1 nitrogen and oxygen atoms in total. The van der Waals surface area contributed by atoms with Gasteiger partial charge in [-0.15, -0.1) is 0 Å². The predicted octanol–water partition coefficient (Wildman–Crippen LogP) is 3.13. The molecule has 4 rings (SSSR count). The van der Waals surface area contributed by atoms with Crippen molar-refractivity contribution in [1.82, 2.24) is 0 Å². The first-order chi connectivity index (χ1) is 6.11. The van der Waals surface area contributed by atoms with Crippen LogP contribution in [0.5, 0.6) is 0 Å². The van der Waals surface area contributed by atoms with Gasteiger partial charge in [-0.1, -0.05) is 6.42 Å². The molecule has 74 valence electrons. The molecule has 0 radical (unpaired) electrons. The van der Waals surface area contributed by atoms with Crippen molar-refractivity contribution in [2.75, 3.05) is 0 Å². The maximum atomic E-state index is 6.33. The van der Waals surface area contributed by atoms with Gasteiger partial charge in [0, 0.05) is 0 Å². The molecule has 0 amide bonds. The summed E-state index contributed by atoms with van der Waals surface area (Å²) in [5.41, 5.74) is 0.503. The molecule has 13 heavy (non-hydrogen) atoms. The topological polar surface area (TPSA) is 9.23 Å². The molecule has 4 aliphatic rings. The third-order valence-corrected chi connectivity index (χ3v) is 4.76. The third kappa shape index (κ3) is 1.03. The quantitative estimate of drug-likeness (QED) is 0.556. The van der Waals surface area contributed by atoms with Crippen molar-refractivity contribution in [3.63, 3.8) is 0 Å². The molecular weight excluding hydrogens is 160 g/mol. The van der Waals surface area contributed by atoms with Crippen LogP contribution in [0.15, 0.2) is 0 Å². The lowest BCUT2D eigenvalue weighted by atomic mass is 9.57. The molecule has 4 fully saturated rings. The molecule has 0 spiro atoms. The Kier molecular flexibility index (Phi) is 1.47. The van der Waals surface area contributed by atoms with Gasteiger partial charge < -0.3 is 4.74 Å². The summed E-state index contributed by atoms with van der Waals surface area (Å²) in [6, 6.07) is 0. The second-order valence-corrected chi connectivity index (χ2v) is 5.87. The standard InChI is InChI=1S/C12H20O/c1-11-7-5-10-9(8-11)4-3-6-12(10,2)13-11/h9-10H,3-8H2,1-2H3. The maximum absolute atomic E-state index is 6.33. The number of fused-ring (bicyclic) bond motifs is 1. The first-order valence-corrected chi connectivity index (χ1v) is 5.82. The molecule has 0 aromatic carbocycles. The molecule has 4 bridgehead atoms. The van der Waals surface area contributed by atoms with Crippen molar-refractivity contribution in [3.05, 3.63) is 0 Å². The smallest absolute Gasteiger partial charge is 0.0692 e. The SMILES string of the molecule is CC12CCC3C(CCCC3(C)O1)C2. The Morgan fingerprint density at radius 3 is 2.69 bits per heavy atom. The normalized spacial score (nSPS) is 59.5. The average Bonchev–Trinajstić information content (AvgIpc) is 2.00. The van der Waals surface area contributed by atoms with Crippen molar-refractivity contribution in [2.24, 2.45) is 11.8 Å². The van der Waals surface area contributed by atoms with E-state index >= 15 is 0 Å². The average molecular weight is 180 g/mol. The van der Waals surface area contributed by atoms with Crippen molar-refractivity contribution in [3.8, 4) is 0 Å². The molecule has 1 heteroatoms. The highest BCUT2D eigenvalue weighted by Crippen LogP contribution is 2.57. The molecule has 0 aromatic rings. The van der Waals surface area contributed by atoms with Gasteiger partial charge in [-0.3, -0.25) is 0 Å². The van der Waals surface area contributed by atoms with Crippen LogP contribution in [-0.4, -0.2) is 11.2 Å². The summed E-state index contributed by atoms with van der Waals surface area (Å²) >= 11 is 0. The van der Waals surface area contributed by atoms with Gasteiger partial charge in [0.05, 0.1) is 11.2 Å². The molecule has 2 heterocycles. The zero-order valence-electron chi connectivity index (χ0n) is 8.81. The van der Waals surface area contributed by atoms with Crippen LogP contribution in [0.2, 0.25) is 0 Å². The van der Waals surface area contributed by atoms with Crippen LogP contribution in [-0.2, 0) is 4.74 Å². The fourth-order valence-electron chi connectivity index (χ4n) is 4.29. The second kappa shape index (κ2) is 2.31. The summed E-state index contributed by atoms with van der Waals surface area (Å²) in [6.45, 7) is 4.69. The van der Waals surface area contributed by atoms with Crippen LogP contribution >= 0.6 is 0 Å². The number of rotatable bonds is 0. The fraction of sp³-hybridized carbons (Fsp3) is 1.00. The van der Waals surface area contributed by atoms with E-state index in [-0.39, 0.29) is 11.2 Å². The monoisotopic (exact) mass is 180 g/mol. The van der Waals surface area contributed by atoms with Crippen LogP contribution in [0.25, 0.3) is 0 Å². The van der Waals surface area contributed by atoms with E-state index in [9.17, 15) is 0 Å². The van der Waals surface area contributed by atoms with Crippen molar-refractivity contribution in [1.29, 1.82) is 0 Å². The van der Waals surface area contributed by atoms with E-state index < -0.39 is 0 Å². The van der Waals surface area contributed by atoms with E-state index in [0.29, 0.717) is 0 Å². The molecule has 2 aliphatic heterocycles. The molecule has 0 aromatic heterocycles. The maximum Gasteiger partial charge on any atom is 0.0692 e. The van der Waals surface area contributed by atoms with Gasteiger partial charge in [0.25, 0.3) is 0 Å². The summed E-state index contributed by atoms with van der Waals surface area (Å²) in [7, 11) is 0. The summed E-state index contributed by atoms with van der Waals surface area (Å²) in [5.74, 6) is 1.88. The lowest BCUT2D eigenvalue weighted by molar-refractivity contribution is -0.273. The van der Waals surface area contributed by atoms with Crippen molar-refractivity contribution >= 4 is 0 Å². The predicted molar refractivity (Wildman–Crippen MR) is 52.6 cm³/mol. The van der Waals surface area contributed by atoms with E-state index in [1.165, 1.54) is 38.5 Å². The molecule has 4 unspecified atom stereocenters. The summed E-state index contributed by atoms with van der Waals surface area (Å²) in [6.07, 6.45) is 8.26. The Morgan fingerprint density at radius 2 is 2.00 bits per heavy atom. The molecule has 2 saturated heterocycles. The van der Waals surface area contributed by atoms with Crippen LogP contribution in [0, 0.1) is 11.8 Å². The van der Waals surface area contributed by atoms with Crippen LogP contribution in [0.1, 0.15) is 52.4 Å². The van der Waals surface area contributed by atoms with Crippen molar-refractivity contribution in [2.45, 2.75) is 63.6 Å². The second-order valence-electron chi connectivity index (χ2n) is 5.87. The summed E-state index contributed by atoms with van der Waals surface area (Å²) in [4.78, 5) is 0. The summed E-state index contributed by atoms with van der Waals surface area (Å²) in [5, 5.41) is 0. The summed E-state index contributed by atoms with van der Waals surface area (Å²) < 4.78 is 6.33. The fourth-order valence-corrected chi connectivity index (χ4v) is 4.29.